The fraction of sp³-hybridized carbons (Fsp3) is 0.385. The Balaban J connectivity index is 2.08. The Morgan fingerprint density at radius 2 is 2.16 bits per heavy atom. The highest BCUT2D eigenvalue weighted by atomic mass is 19.1. The lowest BCUT2D eigenvalue weighted by Gasteiger charge is -2.16. The Morgan fingerprint density at radius 3 is 2.68 bits per heavy atom. The molecule has 5 nitrogen and oxygen atoms in total. The van der Waals surface area contributed by atoms with Gasteiger partial charge in [-0.3, -0.25) is 9.59 Å². The van der Waals surface area contributed by atoms with E-state index in [1.165, 1.54) is 12.1 Å². The van der Waals surface area contributed by atoms with Gasteiger partial charge in [0.15, 0.2) is 0 Å². The minimum absolute atomic E-state index is 0.120. The lowest BCUT2D eigenvalue weighted by molar-refractivity contribution is -0.137. The van der Waals surface area contributed by atoms with Crippen molar-refractivity contribution in [1.82, 2.24) is 5.32 Å². The molecule has 0 radical (unpaired) electrons. The molecule has 1 saturated carbocycles. The van der Waals surface area contributed by atoms with E-state index in [4.69, 9.17) is 10.8 Å². The van der Waals surface area contributed by atoms with Crippen LogP contribution in [-0.2, 0) is 4.79 Å². The number of carbonyl (C=O) groups excluding carboxylic acids is 1. The summed E-state index contributed by atoms with van der Waals surface area (Å²) in [6, 6.07) is 3.35. The Hall–Kier alpha value is -2.11. The zero-order valence-electron chi connectivity index (χ0n) is 10.2. The average Bonchev–Trinajstić information content (AvgIpc) is 3.10. The van der Waals surface area contributed by atoms with Crippen molar-refractivity contribution in [3.63, 3.8) is 0 Å². The number of carboxylic acid groups (broad SMARTS) is 1. The molecule has 0 aliphatic heterocycles. The highest BCUT2D eigenvalue weighted by Gasteiger charge is 2.34. The summed E-state index contributed by atoms with van der Waals surface area (Å²) in [6.45, 7) is 0. The van der Waals surface area contributed by atoms with Crippen molar-refractivity contribution in [2.24, 2.45) is 5.92 Å². The summed E-state index contributed by atoms with van der Waals surface area (Å²) in [7, 11) is 0. The summed E-state index contributed by atoms with van der Waals surface area (Å²) in [4.78, 5) is 22.6. The molecule has 2 rings (SSSR count). The molecular weight excluding hydrogens is 251 g/mol. The molecule has 1 atom stereocenters. The van der Waals surface area contributed by atoms with Crippen molar-refractivity contribution >= 4 is 17.6 Å². The van der Waals surface area contributed by atoms with Gasteiger partial charge in [-0.05, 0) is 37.0 Å². The molecule has 0 bridgehead atoms. The molecule has 19 heavy (non-hydrogen) atoms. The second kappa shape index (κ2) is 5.26. The van der Waals surface area contributed by atoms with Gasteiger partial charge < -0.3 is 16.2 Å². The number of nitrogens with one attached hydrogen (secondary N) is 1. The molecule has 102 valence electrons. The van der Waals surface area contributed by atoms with Gasteiger partial charge in [-0.15, -0.1) is 0 Å². The number of nitrogen functional groups attached to an aromatic ring is 1. The minimum atomic E-state index is -0.977. The monoisotopic (exact) mass is 266 g/mol. The van der Waals surface area contributed by atoms with E-state index in [9.17, 15) is 14.0 Å². The predicted octanol–water partition coefficient (Wildman–Crippen LogP) is 1.39. The Morgan fingerprint density at radius 1 is 1.47 bits per heavy atom. The van der Waals surface area contributed by atoms with Gasteiger partial charge in [0.2, 0.25) is 0 Å². The van der Waals surface area contributed by atoms with Crippen LogP contribution in [0.1, 0.15) is 29.6 Å². The SMILES string of the molecule is Nc1ccc(C(=O)NC(CC(=O)O)C2CC2)c(F)c1. The first-order valence-electron chi connectivity index (χ1n) is 6.05. The number of aliphatic carboxylic acids is 1. The summed E-state index contributed by atoms with van der Waals surface area (Å²) in [5.41, 5.74) is 5.52. The van der Waals surface area contributed by atoms with Crippen LogP contribution in [0.3, 0.4) is 0 Å². The van der Waals surface area contributed by atoms with Crippen LogP contribution in [0.4, 0.5) is 10.1 Å². The second-order valence-corrected chi connectivity index (χ2v) is 4.75. The third-order valence-corrected chi connectivity index (χ3v) is 3.14. The van der Waals surface area contributed by atoms with Gasteiger partial charge >= 0.3 is 5.97 Å². The fourth-order valence-corrected chi connectivity index (χ4v) is 1.98. The van der Waals surface area contributed by atoms with Crippen molar-refractivity contribution in [3.05, 3.63) is 29.6 Å². The van der Waals surface area contributed by atoms with Gasteiger partial charge in [0.05, 0.1) is 12.0 Å². The maximum Gasteiger partial charge on any atom is 0.305 e. The number of nitrogens with two attached hydrogens (primary N) is 1. The van der Waals surface area contributed by atoms with Gasteiger partial charge in [-0.2, -0.15) is 0 Å². The predicted molar refractivity (Wildman–Crippen MR) is 67.0 cm³/mol. The quantitative estimate of drug-likeness (QED) is 0.702. The van der Waals surface area contributed by atoms with Crippen LogP contribution in [0.5, 0.6) is 0 Å². The highest BCUT2D eigenvalue weighted by molar-refractivity contribution is 5.95. The first kappa shape index (κ1) is 13.3. The van der Waals surface area contributed by atoms with E-state index < -0.39 is 23.7 Å². The lowest BCUT2D eigenvalue weighted by Crippen LogP contribution is -2.38. The molecule has 1 aliphatic rings. The molecule has 1 amide bonds. The lowest BCUT2D eigenvalue weighted by atomic mass is 10.1. The zero-order chi connectivity index (χ0) is 14.0. The van der Waals surface area contributed by atoms with E-state index in [1.807, 2.05) is 0 Å². The van der Waals surface area contributed by atoms with E-state index in [1.54, 1.807) is 0 Å². The van der Waals surface area contributed by atoms with E-state index in [0.717, 1.165) is 18.9 Å². The summed E-state index contributed by atoms with van der Waals surface area (Å²) < 4.78 is 13.6. The molecule has 1 aliphatic carbocycles. The van der Waals surface area contributed by atoms with Crippen LogP contribution in [0.15, 0.2) is 18.2 Å². The van der Waals surface area contributed by atoms with Crippen LogP contribution >= 0.6 is 0 Å². The highest BCUT2D eigenvalue weighted by Crippen LogP contribution is 2.34. The van der Waals surface area contributed by atoms with Crippen molar-refractivity contribution in [2.45, 2.75) is 25.3 Å². The molecule has 0 saturated heterocycles. The summed E-state index contributed by atoms with van der Waals surface area (Å²) in [5.74, 6) is -2.11. The standard InChI is InChI=1S/C13H15FN2O3/c14-10-5-8(15)3-4-9(10)13(19)16-11(6-12(17)18)7-1-2-7/h3-5,7,11H,1-2,6,15H2,(H,16,19)(H,17,18). The Labute approximate surface area is 109 Å². The van der Waals surface area contributed by atoms with Crippen LogP contribution in [-0.4, -0.2) is 23.0 Å². The summed E-state index contributed by atoms with van der Waals surface area (Å²) in [6.07, 6.45) is 1.64. The van der Waals surface area contributed by atoms with Gasteiger partial charge in [0.25, 0.3) is 5.91 Å². The van der Waals surface area contributed by atoms with Gasteiger partial charge in [-0.1, -0.05) is 0 Å². The fourth-order valence-electron chi connectivity index (χ4n) is 1.98. The van der Waals surface area contributed by atoms with Crippen LogP contribution in [0.25, 0.3) is 0 Å². The molecule has 0 aromatic heterocycles. The number of carboxylic acids is 1. The van der Waals surface area contributed by atoms with E-state index in [2.05, 4.69) is 5.32 Å². The maximum atomic E-state index is 13.6. The molecule has 6 heteroatoms. The number of hydrogen-bond donors (Lipinski definition) is 3. The third-order valence-electron chi connectivity index (χ3n) is 3.14. The van der Waals surface area contributed by atoms with Crippen LogP contribution in [0, 0.1) is 11.7 Å². The van der Waals surface area contributed by atoms with Gasteiger partial charge in [0.1, 0.15) is 5.82 Å². The maximum absolute atomic E-state index is 13.6. The number of halogens is 1. The number of rotatable bonds is 5. The topological polar surface area (TPSA) is 92.4 Å². The number of benzene rings is 1. The molecule has 1 fully saturated rings. The Bertz CT molecular complexity index is 515. The van der Waals surface area contributed by atoms with Crippen molar-refractivity contribution in [1.29, 1.82) is 0 Å². The van der Waals surface area contributed by atoms with Crippen molar-refractivity contribution in [3.8, 4) is 0 Å². The molecule has 0 spiro atoms. The smallest absolute Gasteiger partial charge is 0.305 e. The molecule has 4 N–H and O–H groups in total. The average molecular weight is 266 g/mol. The largest absolute Gasteiger partial charge is 0.481 e. The third kappa shape index (κ3) is 3.43. The molecular formula is C13H15FN2O3. The van der Waals surface area contributed by atoms with E-state index >= 15 is 0 Å². The first-order chi connectivity index (χ1) is 8.97. The summed E-state index contributed by atoms with van der Waals surface area (Å²) >= 11 is 0. The number of hydrogen-bond acceptors (Lipinski definition) is 3. The molecule has 0 heterocycles. The van der Waals surface area contributed by atoms with Gasteiger partial charge in [-0.25, -0.2) is 4.39 Å². The van der Waals surface area contributed by atoms with Crippen LogP contribution in [0.2, 0.25) is 0 Å². The number of carbonyl (C=O) groups is 2. The van der Waals surface area contributed by atoms with Gasteiger partial charge in [0, 0.05) is 11.7 Å². The van der Waals surface area contributed by atoms with Crippen molar-refractivity contribution in [2.75, 3.05) is 5.73 Å². The Kier molecular flexibility index (Phi) is 3.69. The molecule has 1 aromatic rings. The molecule has 1 unspecified atom stereocenters. The summed E-state index contributed by atoms with van der Waals surface area (Å²) in [5, 5.41) is 11.4. The normalized spacial score (nSPS) is 15.8. The first-order valence-corrected chi connectivity index (χ1v) is 6.05. The van der Waals surface area contributed by atoms with Crippen molar-refractivity contribution < 1.29 is 19.1 Å². The number of anilines is 1. The van der Waals surface area contributed by atoms with Crippen LogP contribution < -0.4 is 11.1 Å². The van der Waals surface area contributed by atoms with E-state index in [-0.39, 0.29) is 23.6 Å². The number of amides is 1. The molecule has 1 aromatic carbocycles. The zero-order valence-corrected chi connectivity index (χ0v) is 10.2. The second-order valence-electron chi connectivity index (χ2n) is 4.75. The minimum Gasteiger partial charge on any atom is -0.481 e. The van der Waals surface area contributed by atoms with E-state index in [0.29, 0.717) is 0 Å².